The summed E-state index contributed by atoms with van der Waals surface area (Å²) in [6.45, 7) is 3.26. The molecule has 0 spiro atoms. The van der Waals surface area contributed by atoms with Gasteiger partial charge in [0, 0.05) is 5.02 Å². The summed E-state index contributed by atoms with van der Waals surface area (Å²) in [5.41, 5.74) is 1.55. The number of halogens is 2. The van der Waals surface area contributed by atoms with Gasteiger partial charge in [-0.15, -0.1) is 0 Å². The van der Waals surface area contributed by atoms with Gasteiger partial charge in [-0.05, 0) is 83.0 Å². The second kappa shape index (κ2) is 11.1. The van der Waals surface area contributed by atoms with Gasteiger partial charge in [0.1, 0.15) is 13.2 Å². The van der Waals surface area contributed by atoms with Gasteiger partial charge in [-0.3, -0.25) is 19.3 Å². The van der Waals surface area contributed by atoms with Crippen molar-refractivity contribution >= 4 is 62.5 Å². The Bertz CT molecular complexity index is 1100. The van der Waals surface area contributed by atoms with Crippen molar-refractivity contribution in [2.24, 2.45) is 0 Å². The molecule has 1 heterocycles. The molecule has 2 aromatic rings. The summed E-state index contributed by atoms with van der Waals surface area (Å²) in [6.07, 6.45) is 1.23. The van der Waals surface area contributed by atoms with Crippen LogP contribution in [0.3, 0.4) is 0 Å². The van der Waals surface area contributed by atoms with Gasteiger partial charge in [0.25, 0.3) is 11.1 Å². The molecule has 0 aliphatic carbocycles. The van der Waals surface area contributed by atoms with Gasteiger partial charge in [-0.2, -0.15) is 0 Å². The van der Waals surface area contributed by atoms with Gasteiger partial charge in [0.2, 0.25) is 0 Å². The predicted molar refractivity (Wildman–Crippen MR) is 130 cm³/mol. The molecule has 2 aromatic carbocycles. The summed E-state index contributed by atoms with van der Waals surface area (Å²) >= 11 is 10.2. The number of imide groups is 1. The summed E-state index contributed by atoms with van der Waals surface area (Å²) in [4.78, 5) is 37.9. The molecule has 0 aromatic heterocycles. The SMILES string of the molecule is COc1cc(/C=C2\SC(=O)N(CC(=O)OC(C)C)C2=O)cc(Br)c1OCc1ccc(Cl)cc1. The van der Waals surface area contributed by atoms with Gasteiger partial charge < -0.3 is 14.2 Å². The second-order valence-corrected chi connectivity index (χ2v) is 9.54. The van der Waals surface area contributed by atoms with Crippen LogP contribution in [0.4, 0.5) is 4.79 Å². The van der Waals surface area contributed by atoms with Crippen LogP contribution in [-0.4, -0.2) is 41.8 Å². The molecule has 0 saturated carbocycles. The predicted octanol–water partition coefficient (Wildman–Crippen LogP) is 5.68. The first kappa shape index (κ1) is 25.1. The number of nitrogens with zero attached hydrogens (tertiary/aromatic N) is 1. The third kappa shape index (κ3) is 6.52. The Balaban J connectivity index is 1.77. The lowest BCUT2D eigenvalue weighted by Gasteiger charge is -2.14. The molecule has 0 N–H and O–H groups in total. The first-order valence-corrected chi connectivity index (χ1v) is 11.9. The van der Waals surface area contributed by atoms with Gasteiger partial charge in [0.15, 0.2) is 11.5 Å². The van der Waals surface area contributed by atoms with Gasteiger partial charge in [0.05, 0.1) is 22.6 Å². The van der Waals surface area contributed by atoms with E-state index in [0.29, 0.717) is 33.2 Å². The van der Waals surface area contributed by atoms with Crippen molar-refractivity contribution < 1.29 is 28.6 Å². The largest absolute Gasteiger partial charge is 0.493 e. The monoisotopic (exact) mass is 553 g/mol. The minimum Gasteiger partial charge on any atom is -0.493 e. The highest BCUT2D eigenvalue weighted by Gasteiger charge is 2.36. The molecule has 2 amide bonds. The second-order valence-electron chi connectivity index (χ2n) is 7.26. The van der Waals surface area contributed by atoms with E-state index < -0.39 is 23.7 Å². The van der Waals surface area contributed by atoms with E-state index in [-0.39, 0.29) is 11.0 Å². The Labute approximate surface area is 209 Å². The molecule has 0 radical (unpaired) electrons. The fourth-order valence-electron chi connectivity index (χ4n) is 2.92. The molecule has 1 aliphatic rings. The molecule has 0 bridgehead atoms. The molecule has 1 aliphatic heterocycles. The summed E-state index contributed by atoms with van der Waals surface area (Å²) in [7, 11) is 1.51. The maximum Gasteiger partial charge on any atom is 0.326 e. The third-order valence-electron chi connectivity index (χ3n) is 4.37. The number of rotatable bonds is 8. The number of carbonyl (C=O) groups is 3. The summed E-state index contributed by atoms with van der Waals surface area (Å²) in [5.74, 6) is -0.248. The number of amides is 2. The smallest absolute Gasteiger partial charge is 0.326 e. The molecular formula is C23H21BrClNO6S. The Morgan fingerprint density at radius 1 is 1.21 bits per heavy atom. The van der Waals surface area contributed by atoms with Crippen LogP contribution >= 0.6 is 39.3 Å². The van der Waals surface area contributed by atoms with Crippen LogP contribution in [0.1, 0.15) is 25.0 Å². The number of hydrogen-bond acceptors (Lipinski definition) is 7. The van der Waals surface area contributed by atoms with Gasteiger partial charge in [-0.25, -0.2) is 0 Å². The van der Waals surface area contributed by atoms with E-state index >= 15 is 0 Å². The maximum atomic E-state index is 12.7. The van der Waals surface area contributed by atoms with E-state index in [0.717, 1.165) is 22.2 Å². The highest BCUT2D eigenvalue weighted by Crippen LogP contribution is 2.39. The molecule has 3 rings (SSSR count). The molecule has 10 heteroatoms. The molecule has 7 nitrogen and oxygen atoms in total. The molecule has 1 fully saturated rings. The molecular weight excluding hydrogens is 534 g/mol. The zero-order valence-corrected chi connectivity index (χ0v) is 21.3. The van der Waals surface area contributed by atoms with Crippen molar-refractivity contribution in [2.75, 3.05) is 13.7 Å². The zero-order valence-electron chi connectivity index (χ0n) is 18.1. The number of methoxy groups -OCH3 is 1. The lowest BCUT2D eigenvalue weighted by atomic mass is 10.1. The van der Waals surface area contributed by atoms with Gasteiger partial charge >= 0.3 is 5.97 Å². The van der Waals surface area contributed by atoms with Crippen molar-refractivity contribution in [3.05, 3.63) is 61.9 Å². The van der Waals surface area contributed by atoms with Crippen LogP contribution in [-0.2, 0) is 20.9 Å². The van der Waals surface area contributed by atoms with Crippen molar-refractivity contribution in [3.8, 4) is 11.5 Å². The van der Waals surface area contributed by atoms with Crippen LogP contribution in [0.2, 0.25) is 5.02 Å². The summed E-state index contributed by atoms with van der Waals surface area (Å²) in [5, 5.41) is 0.115. The Morgan fingerprint density at radius 2 is 1.91 bits per heavy atom. The van der Waals surface area contributed by atoms with E-state index in [2.05, 4.69) is 15.9 Å². The Kier molecular flexibility index (Phi) is 8.45. The van der Waals surface area contributed by atoms with E-state index in [1.54, 1.807) is 44.2 Å². The molecule has 174 valence electrons. The minimum absolute atomic E-state index is 0.195. The van der Waals surface area contributed by atoms with Crippen molar-refractivity contribution in [1.82, 2.24) is 4.90 Å². The van der Waals surface area contributed by atoms with Crippen LogP contribution < -0.4 is 9.47 Å². The topological polar surface area (TPSA) is 82.1 Å². The van der Waals surface area contributed by atoms with Crippen molar-refractivity contribution in [3.63, 3.8) is 0 Å². The average molecular weight is 555 g/mol. The van der Waals surface area contributed by atoms with Gasteiger partial charge in [-0.1, -0.05) is 23.7 Å². The lowest BCUT2D eigenvalue weighted by Crippen LogP contribution is -2.35. The quantitative estimate of drug-likeness (QED) is 0.307. The highest BCUT2D eigenvalue weighted by atomic mass is 79.9. The van der Waals surface area contributed by atoms with E-state index in [1.165, 1.54) is 7.11 Å². The van der Waals surface area contributed by atoms with Crippen LogP contribution in [0.15, 0.2) is 45.8 Å². The third-order valence-corrected chi connectivity index (χ3v) is 6.12. The Morgan fingerprint density at radius 3 is 2.55 bits per heavy atom. The fourth-order valence-corrected chi connectivity index (χ4v) is 4.45. The zero-order chi connectivity index (χ0) is 24.1. The van der Waals surface area contributed by atoms with Crippen LogP contribution in [0.5, 0.6) is 11.5 Å². The lowest BCUT2D eigenvalue weighted by molar-refractivity contribution is -0.149. The summed E-state index contributed by atoms with van der Waals surface area (Å²) in [6, 6.07) is 10.7. The fraction of sp³-hybridized carbons (Fsp3) is 0.261. The molecule has 0 unspecified atom stereocenters. The molecule has 1 saturated heterocycles. The first-order chi connectivity index (χ1) is 15.7. The number of hydrogen-bond donors (Lipinski definition) is 0. The Hall–Kier alpha value is -2.49. The number of ether oxygens (including phenoxy) is 3. The average Bonchev–Trinajstić information content (AvgIpc) is 3.00. The van der Waals surface area contributed by atoms with E-state index in [4.69, 9.17) is 25.8 Å². The highest BCUT2D eigenvalue weighted by molar-refractivity contribution is 9.10. The van der Waals surface area contributed by atoms with Crippen LogP contribution in [0, 0.1) is 0 Å². The van der Waals surface area contributed by atoms with Crippen molar-refractivity contribution in [1.29, 1.82) is 0 Å². The van der Waals surface area contributed by atoms with Crippen LogP contribution in [0.25, 0.3) is 6.08 Å². The van der Waals surface area contributed by atoms with E-state index in [1.807, 2.05) is 12.1 Å². The molecule has 0 atom stereocenters. The minimum atomic E-state index is -0.639. The number of carbonyl (C=O) groups excluding carboxylic acids is 3. The molecule has 33 heavy (non-hydrogen) atoms. The first-order valence-electron chi connectivity index (χ1n) is 9.87. The maximum absolute atomic E-state index is 12.7. The number of esters is 1. The van der Waals surface area contributed by atoms with E-state index in [9.17, 15) is 14.4 Å². The number of thioether (sulfide) groups is 1. The number of benzene rings is 2. The van der Waals surface area contributed by atoms with Crippen molar-refractivity contribution in [2.45, 2.75) is 26.6 Å². The summed E-state index contributed by atoms with van der Waals surface area (Å²) < 4.78 is 17.0. The standard InChI is InChI=1S/C23H21BrClNO6S/c1-13(2)32-20(27)11-26-22(28)19(33-23(26)29)10-15-8-17(24)21(18(9-15)30-3)31-12-14-4-6-16(25)7-5-14/h4-10,13H,11-12H2,1-3H3/b19-10-. The normalized spacial score (nSPS) is 14.8.